The van der Waals surface area contributed by atoms with Gasteiger partial charge in [0.1, 0.15) is 40.5 Å². The maximum absolute atomic E-state index is 15.8. The highest BCUT2D eigenvalue weighted by Gasteiger charge is 2.37. The smallest absolute Gasteiger partial charge is 0.264 e. The molecule has 2 aromatic carbocycles. The zero-order chi connectivity index (χ0) is 34.7. The van der Waals surface area contributed by atoms with Crippen LogP contribution in [0.5, 0.6) is 11.5 Å². The van der Waals surface area contributed by atoms with Gasteiger partial charge < -0.3 is 15.4 Å². The number of nitrogens with two attached hydrogens (primary N) is 1. The monoisotopic (exact) mass is 663 g/mol. The van der Waals surface area contributed by atoms with E-state index in [9.17, 15) is 10.1 Å². The second-order valence-corrected chi connectivity index (χ2v) is 14.2. The maximum Gasteiger partial charge on any atom is 0.264 e. The highest BCUT2D eigenvalue weighted by Crippen LogP contribution is 2.34. The van der Waals surface area contributed by atoms with Gasteiger partial charge in [0.2, 0.25) is 0 Å². The van der Waals surface area contributed by atoms with Crippen LogP contribution in [0.4, 0.5) is 4.39 Å². The number of rotatable bonds is 8. The van der Waals surface area contributed by atoms with Gasteiger partial charge in [-0.1, -0.05) is 30.7 Å². The fraction of sp³-hybridized carbons (Fsp3) is 0.436. The van der Waals surface area contributed by atoms with Crippen LogP contribution in [0.25, 0.3) is 11.3 Å². The lowest BCUT2D eigenvalue weighted by atomic mass is 9.95. The number of para-hydroxylation sites is 1. The minimum Gasteiger partial charge on any atom is -0.457 e. The molecular weight excluding hydrogens is 617 g/mol. The van der Waals surface area contributed by atoms with Crippen LogP contribution in [0.3, 0.4) is 0 Å². The van der Waals surface area contributed by atoms with Crippen LogP contribution in [0.15, 0.2) is 76.9 Å². The number of likely N-dealkylation sites (tertiary alicyclic amines) is 2. The van der Waals surface area contributed by atoms with E-state index in [-0.39, 0.29) is 28.9 Å². The molecule has 6 rings (SSSR count). The Morgan fingerprint density at radius 3 is 2.61 bits per heavy atom. The van der Waals surface area contributed by atoms with Gasteiger partial charge in [0.05, 0.1) is 23.8 Å². The first-order chi connectivity index (χ1) is 23.5. The lowest BCUT2D eigenvalue weighted by molar-refractivity contribution is -0.134. The first kappa shape index (κ1) is 34.1. The Labute approximate surface area is 288 Å². The van der Waals surface area contributed by atoms with Crippen LogP contribution >= 0.6 is 0 Å². The van der Waals surface area contributed by atoms with E-state index in [4.69, 9.17) is 15.6 Å². The van der Waals surface area contributed by atoms with Gasteiger partial charge in [0.25, 0.3) is 5.91 Å². The van der Waals surface area contributed by atoms with Crippen molar-refractivity contribution in [2.45, 2.75) is 84.3 Å². The minimum absolute atomic E-state index is 0.167. The third kappa shape index (κ3) is 7.47. The Balaban J connectivity index is 1.27. The van der Waals surface area contributed by atoms with Crippen molar-refractivity contribution < 1.29 is 13.9 Å². The number of carbonyl (C=O) groups excluding carboxylic acids is 1. The van der Waals surface area contributed by atoms with Crippen molar-refractivity contribution in [1.29, 1.82) is 5.26 Å². The molecule has 4 heterocycles. The predicted molar refractivity (Wildman–Crippen MR) is 189 cm³/mol. The average Bonchev–Trinajstić information content (AvgIpc) is 3.25. The number of carbonyl (C=O) groups is 1. The van der Waals surface area contributed by atoms with E-state index in [1.165, 1.54) is 12.5 Å². The first-order valence-electron chi connectivity index (χ1n) is 17.3. The van der Waals surface area contributed by atoms with Gasteiger partial charge in [-0.15, -0.1) is 0 Å². The number of amidine groups is 1. The summed E-state index contributed by atoms with van der Waals surface area (Å²) in [7, 11) is 0. The lowest BCUT2D eigenvalue weighted by Gasteiger charge is -2.41. The van der Waals surface area contributed by atoms with Crippen molar-refractivity contribution >= 4 is 11.7 Å². The molecule has 3 aliphatic rings. The molecule has 2 fully saturated rings. The van der Waals surface area contributed by atoms with Crippen LogP contribution < -0.4 is 10.5 Å². The number of amides is 1. The summed E-state index contributed by atoms with van der Waals surface area (Å²) in [5, 5.41) is 15.1. The third-order valence-electron chi connectivity index (χ3n) is 10.1. The van der Waals surface area contributed by atoms with E-state index in [1.807, 2.05) is 48.0 Å². The zero-order valence-corrected chi connectivity index (χ0v) is 29.0. The number of ether oxygens (including phenoxy) is 1. The van der Waals surface area contributed by atoms with E-state index in [0.29, 0.717) is 48.2 Å². The molecule has 3 aliphatic heterocycles. The van der Waals surface area contributed by atoms with Crippen LogP contribution in [0.2, 0.25) is 0 Å². The summed E-state index contributed by atoms with van der Waals surface area (Å²) in [6, 6.07) is 16.0. The third-order valence-corrected chi connectivity index (χ3v) is 10.1. The fourth-order valence-electron chi connectivity index (χ4n) is 7.04. The molecule has 1 aromatic heterocycles. The number of aliphatic imine (C=N–C) groups is 1. The number of allylic oxidation sites excluding steroid dienone is 1. The van der Waals surface area contributed by atoms with E-state index in [1.54, 1.807) is 23.2 Å². The molecular formula is C39H46FN7O2. The second kappa shape index (κ2) is 14.4. The van der Waals surface area contributed by atoms with Gasteiger partial charge in [-0.25, -0.2) is 9.38 Å². The average molecular weight is 664 g/mol. The van der Waals surface area contributed by atoms with Crippen molar-refractivity contribution in [2.24, 2.45) is 16.6 Å². The zero-order valence-electron chi connectivity index (χ0n) is 29.0. The van der Waals surface area contributed by atoms with Crippen molar-refractivity contribution in [3.63, 3.8) is 0 Å². The van der Waals surface area contributed by atoms with E-state index >= 15 is 4.39 Å². The SMILES string of the molecule is C/C1=C/N=C(N)c2c(-c3ccc(Oc4ccccc4)cc3F)nn(CC3CCN3C(=O)/C(C#N)=C/C(C)(C)N3CCCC(C)CC3)c2CC1. The molecule has 256 valence electrons. The number of hydrogen-bond acceptors (Lipinski definition) is 7. The maximum atomic E-state index is 15.8. The first-order valence-corrected chi connectivity index (χ1v) is 17.3. The van der Waals surface area contributed by atoms with Crippen LogP contribution in [-0.4, -0.2) is 62.5 Å². The van der Waals surface area contributed by atoms with E-state index in [2.05, 4.69) is 36.7 Å². The minimum atomic E-state index is -0.492. The largest absolute Gasteiger partial charge is 0.457 e. The van der Waals surface area contributed by atoms with Crippen molar-refractivity contribution in [2.75, 3.05) is 19.6 Å². The standard InChI is InChI=1S/C39H46FN7O2/c1-26-9-8-18-45(19-16-26)39(3,4)22-28(23-41)38(48)46-20-17-29(46)25-47-34-15-12-27(2)24-43-37(42)35(34)36(44-47)32-14-13-31(21-33(32)40)49-30-10-6-5-7-11-30/h5-7,10-11,13-14,21-22,24,26,29H,8-9,12,15-20,25H2,1-4H3,(H2,42,43)/b27-24-,28-22+. The summed E-state index contributed by atoms with van der Waals surface area (Å²) in [6.45, 7) is 11.3. The summed E-state index contributed by atoms with van der Waals surface area (Å²) in [6.07, 6.45) is 9.15. The molecule has 0 radical (unpaired) electrons. The molecule has 0 aliphatic carbocycles. The molecule has 2 saturated heterocycles. The Morgan fingerprint density at radius 1 is 1.10 bits per heavy atom. The predicted octanol–water partition coefficient (Wildman–Crippen LogP) is 6.99. The number of aromatic nitrogens is 2. The quantitative estimate of drug-likeness (QED) is 0.205. The molecule has 1 amide bonds. The van der Waals surface area contributed by atoms with Crippen LogP contribution in [-0.2, 0) is 17.8 Å². The lowest BCUT2D eigenvalue weighted by Crippen LogP contribution is -2.54. The Bertz CT molecular complexity index is 1840. The number of fused-ring (bicyclic) bond motifs is 1. The molecule has 2 atom stereocenters. The summed E-state index contributed by atoms with van der Waals surface area (Å²) in [5.74, 6) is 1.17. The number of benzene rings is 2. The van der Waals surface area contributed by atoms with Crippen LogP contribution in [0.1, 0.15) is 71.1 Å². The highest BCUT2D eigenvalue weighted by atomic mass is 19.1. The summed E-state index contributed by atoms with van der Waals surface area (Å²) in [4.78, 5) is 22.5. The molecule has 49 heavy (non-hydrogen) atoms. The topological polar surface area (TPSA) is 113 Å². The molecule has 0 saturated carbocycles. The van der Waals surface area contributed by atoms with Gasteiger partial charge >= 0.3 is 0 Å². The molecule has 0 spiro atoms. The second-order valence-electron chi connectivity index (χ2n) is 14.2. The number of nitrogens with zero attached hydrogens (tertiary/aromatic N) is 6. The van der Waals surface area contributed by atoms with Gasteiger partial charge in [0, 0.05) is 29.9 Å². The van der Waals surface area contributed by atoms with Gasteiger partial charge in [-0.3, -0.25) is 14.4 Å². The van der Waals surface area contributed by atoms with Crippen molar-refractivity contribution in [3.05, 3.63) is 89.0 Å². The summed E-state index contributed by atoms with van der Waals surface area (Å²) < 4.78 is 23.5. The van der Waals surface area contributed by atoms with Crippen molar-refractivity contribution in [1.82, 2.24) is 19.6 Å². The van der Waals surface area contributed by atoms with Crippen molar-refractivity contribution in [3.8, 4) is 28.8 Å². The Hall–Kier alpha value is -4.75. The number of hydrogen-bond donors (Lipinski definition) is 1. The summed E-state index contributed by atoms with van der Waals surface area (Å²) >= 11 is 0. The Morgan fingerprint density at radius 2 is 1.90 bits per heavy atom. The number of halogens is 1. The van der Waals surface area contributed by atoms with Gasteiger partial charge in [0.15, 0.2) is 0 Å². The highest BCUT2D eigenvalue weighted by molar-refractivity contribution is 6.04. The Kier molecular flexibility index (Phi) is 10.0. The molecule has 3 aromatic rings. The molecule has 0 bridgehead atoms. The van der Waals surface area contributed by atoms with Gasteiger partial charge in [-0.05, 0) is 109 Å². The molecule has 10 heteroatoms. The normalized spacial score (nSPS) is 21.6. The number of nitriles is 1. The molecule has 2 N–H and O–H groups in total. The van der Waals surface area contributed by atoms with Crippen LogP contribution in [0, 0.1) is 23.1 Å². The van der Waals surface area contributed by atoms with Gasteiger partial charge in [-0.2, -0.15) is 10.4 Å². The fourth-order valence-corrected chi connectivity index (χ4v) is 7.04. The van der Waals surface area contributed by atoms with E-state index in [0.717, 1.165) is 50.0 Å². The van der Waals surface area contributed by atoms with E-state index < -0.39 is 11.4 Å². The molecule has 9 nitrogen and oxygen atoms in total. The summed E-state index contributed by atoms with van der Waals surface area (Å²) in [5.41, 5.74) is 9.50. The molecule has 2 unspecified atom stereocenters.